The molecular weight excluding hydrogens is 436 g/mol. The van der Waals surface area contributed by atoms with E-state index in [4.69, 9.17) is 8.83 Å². The number of rotatable bonds is 2. The average molecular weight is 446 g/mol. The number of furan rings is 1. The summed E-state index contributed by atoms with van der Waals surface area (Å²) in [5, 5.41) is 0.773. The van der Waals surface area contributed by atoms with Crippen molar-refractivity contribution in [1.82, 2.24) is 0 Å². The van der Waals surface area contributed by atoms with Crippen molar-refractivity contribution in [1.29, 1.82) is 0 Å². The number of hydrogen-bond donors (Lipinski definition) is 0. The first-order valence-electron chi connectivity index (χ1n) is 7.20. The van der Waals surface area contributed by atoms with Crippen LogP contribution in [0.25, 0.3) is 33.6 Å². The Kier molecular flexibility index (Phi) is 3.90. The molecule has 24 heavy (non-hydrogen) atoms. The van der Waals surface area contributed by atoms with Crippen LogP contribution in [0.2, 0.25) is 0 Å². The van der Waals surface area contributed by atoms with Crippen molar-refractivity contribution in [2.75, 3.05) is 0 Å². The van der Waals surface area contributed by atoms with E-state index >= 15 is 0 Å². The molecule has 0 amide bonds. The van der Waals surface area contributed by atoms with E-state index in [0.717, 1.165) is 31.0 Å². The molecule has 3 nitrogen and oxygen atoms in total. The molecule has 0 bridgehead atoms. The minimum absolute atomic E-state index is 0.235. The van der Waals surface area contributed by atoms with Crippen molar-refractivity contribution in [3.8, 4) is 22.5 Å². The second kappa shape index (κ2) is 6.07. The second-order valence-corrected chi connectivity index (χ2v) is 7.11. The summed E-state index contributed by atoms with van der Waals surface area (Å²) < 4.78 is 13.1. The standard InChI is InChI=1S/C19H10Br2O3/c20-13-5-1-11(2-6-13)17-15-9-10-16(22)23-19(15)24-18(17)12-3-7-14(21)8-4-12/h1-10H. The Morgan fingerprint density at radius 3 is 1.88 bits per heavy atom. The van der Waals surface area contributed by atoms with Gasteiger partial charge in [0, 0.05) is 26.1 Å². The van der Waals surface area contributed by atoms with Crippen LogP contribution in [0.1, 0.15) is 0 Å². The van der Waals surface area contributed by atoms with Crippen LogP contribution in [0.4, 0.5) is 0 Å². The van der Waals surface area contributed by atoms with Crippen LogP contribution in [-0.2, 0) is 0 Å². The maximum absolute atomic E-state index is 11.5. The lowest BCUT2D eigenvalue weighted by molar-refractivity contribution is 0.456. The van der Waals surface area contributed by atoms with E-state index in [1.165, 1.54) is 6.07 Å². The minimum Gasteiger partial charge on any atom is -0.424 e. The topological polar surface area (TPSA) is 43.4 Å². The lowest BCUT2D eigenvalue weighted by atomic mass is 9.99. The van der Waals surface area contributed by atoms with Gasteiger partial charge in [0.15, 0.2) is 0 Å². The van der Waals surface area contributed by atoms with Crippen molar-refractivity contribution in [2.24, 2.45) is 0 Å². The Morgan fingerprint density at radius 2 is 1.25 bits per heavy atom. The first-order valence-corrected chi connectivity index (χ1v) is 8.79. The largest absolute Gasteiger partial charge is 0.424 e. The molecule has 5 heteroatoms. The highest BCUT2D eigenvalue weighted by Gasteiger charge is 2.19. The molecule has 0 unspecified atom stereocenters. The number of fused-ring (bicyclic) bond motifs is 1. The van der Waals surface area contributed by atoms with E-state index in [2.05, 4.69) is 31.9 Å². The van der Waals surface area contributed by atoms with Gasteiger partial charge in [-0.25, -0.2) is 4.79 Å². The SMILES string of the molecule is O=c1ccc2c(-c3ccc(Br)cc3)c(-c3ccc(Br)cc3)oc2o1. The normalized spacial score (nSPS) is 11.1. The third-order valence-corrected chi connectivity index (χ3v) is 4.79. The number of hydrogen-bond acceptors (Lipinski definition) is 3. The monoisotopic (exact) mass is 444 g/mol. The first kappa shape index (κ1) is 15.4. The summed E-state index contributed by atoms with van der Waals surface area (Å²) in [5.41, 5.74) is 2.38. The van der Waals surface area contributed by atoms with Gasteiger partial charge < -0.3 is 8.83 Å². The van der Waals surface area contributed by atoms with Crippen molar-refractivity contribution < 1.29 is 8.83 Å². The molecule has 0 aliphatic carbocycles. The van der Waals surface area contributed by atoms with Gasteiger partial charge in [-0.15, -0.1) is 0 Å². The van der Waals surface area contributed by atoms with Gasteiger partial charge in [0.05, 0.1) is 5.39 Å². The minimum atomic E-state index is -0.430. The quantitative estimate of drug-likeness (QED) is 0.366. The van der Waals surface area contributed by atoms with Gasteiger partial charge in [-0.05, 0) is 35.9 Å². The summed E-state index contributed by atoms with van der Waals surface area (Å²) in [7, 11) is 0. The molecule has 0 aliphatic heterocycles. The molecule has 0 N–H and O–H groups in total. The molecule has 2 aromatic carbocycles. The molecule has 2 aromatic heterocycles. The maximum atomic E-state index is 11.5. The van der Waals surface area contributed by atoms with E-state index in [1.54, 1.807) is 6.07 Å². The maximum Gasteiger partial charge on any atom is 0.338 e. The Hall–Kier alpha value is -2.11. The van der Waals surface area contributed by atoms with Crippen LogP contribution in [0, 0.1) is 0 Å². The highest BCUT2D eigenvalue weighted by Crippen LogP contribution is 2.40. The Labute approximate surface area is 154 Å². The Morgan fingerprint density at radius 1 is 0.667 bits per heavy atom. The van der Waals surface area contributed by atoms with E-state index in [1.807, 2.05) is 48.5 Å². The van der Waals surface area contributed by atoms with Crippen molar-refractivity contribution in [3.63, 3.8) is 0 Å². The smallest absolute Gasteiger partial charge is 0.338 e. The fourth-order valence-electron chi connectivity index (χ4n) is 2.63. The Balaban J connectivity index is 2.04. The van der Waals surface area contributed by atoms with E-state index in [-0.39, 0.29) is 5.78 Å². The van der Waals surface area contributed by atoms with Gasteiger partial charge in [0.1, 0.15) is 5.76 Å². The third-order valence-electron chi connectivity index (χ3n) is 3.73. The number of halogens is 2. The Bertz CT molecular complexity index is 1070. The molecule has 0 radical (unpaired) electrons. The molecule has 0 aliphatic rings. The van der Waals surface area contributed by atoms with E-state index < -0.39 is 5.63 Å². The molecule has 0 spiro atoms. The molecular formula is C19H10Br2O3. The summed E-state index contributed by atoms with van der Waals surface area (Å²) >= 11 is 6.89. The molecule has 118 valence electrons. The van der Waals surface area contributed by atoms with Crippen LogP contribution in [0.15, 0.2) is 83.2 Å². The summed E-state index contributed by atoms with van der Waals surface area (Å²) in [4.78, 5) is 11.5. The molecule has 0 saturated heterocycles. The highest BCUT2D eigenvalue weighted by molar-refractivity contribution is 9.10. The molecule has 4 aromatic rings. The van der Waals surface area contributed by atoms with Crippen LogP contribution in [0.3, 0.4) is 0 Å². The van der Waals surface area contributed by atoms with Crippen molar-refractivity contribution >= 4 is 43.0 Å². The predicted octanol–water partition coefficient (Wildman–Crippen LogP) is 6.25. The molecule has 4 rings (SSSR count). The van der Waals surface area contributed by atoms with Crippen molar-refractivity contribution in [3.05, 3.63) is 80.0 Å². The van der Waals surface area contributed by atoms with Crippen molar-refractivity contribution in [2.45, 2.75) is 0 Å². The van der Waals surface area contributed by atoms with Gasteiger partial charge in [-0.2, -0.15) is 0 Å². The fraction of sp³-hybridized carbons (Fsp3) is 0. The van der Waals surface area contributed by atoms with Crippen LogP contribution < -0.4 is 5.63 Å². The lowest BCUT2D eigenvalue weighted by Crippen LogP contribution is -1.92. The zero-order chi connectivity index (χ0) is 16.7. The predicted molar refractivity (Wildman–Crippen MR) is 101 cm³/mol. The fourth-order valence-corrected chi connectivity index (χ4v) is 3.16. The molecule has 0 fully saturated rings. The third kappa shape index (κ3) is 2.74. The van der Waals surface area contributed by atoms with Gasteiger partial charge >= 0.3 is 11.4 Å². The lowest BCUT2D eigenvalue weighted by Gasteiger charge is -2.04. The van der Waals surface area contributed by atoms with Crippen LogP contribution in [0.5, 0.6) is 0 Å². The van der Waals surface area contributed by atoms with Gasteiger partial charge in [0.25, 0.3) is 0 Å². The van der Waals surface area contributed by atoms with Crippen LogP contribution in [-0.4, -0.2) is 0 Å². The zero-order valence-electron chi connectivity index (χ0n) is 12.3. The summed E-state index contributed by atoms with van der Waals surface area (Å²) in [5.74, 6) is 0.910. The van der Waals surface area contributed by atoms with Gasteiger partial charge in [0.2, 0.25) is 0 Å². The summed E-state index contributed by atoms with van der Waals surface area (Å²) in [6, 6.07) is 18.9. The molecule has 0 atom stereocenters. The van der Waals surface area contributed by atoms with Gasteiger partial charge in [-0.1, -0.05) is 56.1 Å². The molecule has 2 heterocycles. The van der Waals surface area contributed by atoms with Crippen LogP contribution >= 0.6 is 31.9 Å². The first-order chi connectivity index (χ1) is 11.6. The van der Waals surface area contributed by atoms with E-state index in [0.29, 0.717) is 5.76 Å². The summed E-state index contributed by atoms with van der Waals surface area (Å²) in [6.07, 6.45) is 0. The van der Waals surface area contributed by atoms with Gasteiger partial charge in [-0.3, -0.25) is 0 Å². The average Bonchev–Trinajstić information content (AvgIpc) is 2.94. The highest BCUT2D eigenvalue weighted by atomic mass is 79.9. The summed E-state index contributed by atoms with van der Waals surface area (Å²) in [6.45, 7) is 0. The molecule has 0 saturated carbocycles. The second-order valence-electron chi connectivity index (χ2n) is 5.28. The van der Waals surface area contributed by atoms with E-state index in [9.17, 15) is 4.79 Å². The zero-order valence-corrected chi connectivity index (χ0v) is 15.4. The number of benzene rings is 2.